The second-order valence-corrected chi connectivity index (χ2v) is 1.74. The Kier molecular flexibility index (Phi) is 3.89. The first kappa shape index (κ1) is 8.63. The van der Waals surface area contributed by atoms with Crippen LogP contribution in [0.2, 0.25) is 0 Å². The SMILES string of the molecule is CC(=O)O/N=C(\C)CC#N. The van der Waals surface area contributed by atoms with Gasteiger partial charge in [0.15, 0.2) is 0 Å². The molecule has 0 rings (SSSR count). The largest absolute Gasteiger partial charge is 0.331 e. The van der Waals surface area contributed by atoms with E-state index in [2.05, 4.69) is 9.99 Å². The second-order valence-electron chi connectivity index (χ2n) is 1.74. The Labute approximate surface area is 59.1 Å². The summed E-state index contributed by atoms with van der Waals surface area (Å²) in [4.78, 5) is 14.4. The summed E-state index contributed by atoms with van der Waals surface area (Å²) in [7, 11) is 0. The lowest BCUT2D eigenvalue weighted by atomic mass is 10.3. The Morgan fingerprint density at radius 3 is 2.70 bits per heavy atom. The number of hydrogen-bond donors (Lipinski definition) is 0. The molecule has 0 bridgehead atoms. The lowest BCUT2D eigenvalue weighted by molar-refractivity contribution is -0.140. The fourth-order valence-electron chi connectivity index (χ4n) is 0.289. The lowest BCUT2D eigenvalue weighted by Gasteiger charge is -1.90. The van der Waals surface area contributed by atoms with Crippen LogP contribution in [0.15, 0.2) is 5.16 Å². The highest BCUT2D eigenvalue weighted by atomic mass is 16.7. The number of nitrogens with zero attached hydrogens (tertiary/aromatic N) is 2. The molecule has 0 aromatic rings. The van der Waals surface area contributed by atoms with Gasteiger partial charge in [0, 0.05) is 6.92 Å². The van der Waals surface area contributed by atoms with Gasteiger partial charge in [-0.15, -0.1) is 0 Å². The molecule has 0 fully saturated rings. The van der Waals surface area contributed by atoms with E-state index in [9.17, 15) is 4.79 Å². The van der Waals surface area contributed by atoms with Crippen molar-refractivity contribution in [1.82, 2.24) is 0 Å². The summed E-state index contributed by atoms with van der Waals surface area (Å²) in [5, 5.41) is 11.5. The number of nitriles is 1. The average Bonchev–Trinajstić information content (AvgIpc) is 1.85. The fraction of sp³-hybridized carbons (Fsp3) is 0.500. The monoisotopic (exact) mass is 140 g/mol. The van der Waals surface area contributed by atoms with Gasteiger partial charge in [-0.25, -0.2) is 4.79 Å². The smallest absolute Gasteiger partial charge is 0.319 e. The zero-order valence-electron chi connectivity index (χ0n) is 5.92. The van der Waals surface area contributed by atoms with Crippen molar-refractivity contribution in [3.63, 3.8) is 0 Å². The molecule has 0 aromatic carbocycles. The number of carbonyl (C=O) groups is 1. The first-order valence-corrected chi connectivity index (χ1v) is 2.75. The van der Waals surface area contributed by atoms with Gasteiger partial charge < -0.3 is 4.84 Å². The van der Waals surface area contributed by atoms with Gasteiger partial charge in [-0.2, -0.15) is 5.26 Å². The summed E-state index contributed by atoms with van der Waals surface area (Å²) < 4.78 is 0. The second kappa shape index (κ2) is 4.50. The van der Waals surface area contributed by atoms with Crippen LogP contribution in [0.4, 0.5) is 0 Å². The zero-order chi connectivity index (χ0) is 7.98. The normalized spacial score (nSPS) is 10.3. The molecule has 0 aliphatic rings. The minimum Gasteiger partial charge on any atom is -0.319 e. The molecular formula is C6H8N2O2. The Morgan fingerprint density at radius 1 is 1.70 bits per heavy atom. The van der Waals surface area contributed by atoms with E-state index in [1.54, 1.807) is 6.92 Å². The van der Waals surface area contributed by atoms with Crippen molar-refractivity contribution in [3.05, 3.63) is 0 Å². The summed E-state index contributed by atoms with van der Waals surface area (Å²) in [5.74, 6) is -0.475. The molecule has 0 N–H and O–H groups in total. The molecule has 0 radical (unpaired) electrons. The van der Waals surface area contributed by atoms with E-state index < -0.39 is 5.97 Å². The third kappa shape index (κ3) is 4.78. The van der Waals surface area contributed by atoms with E-state index in [4.69, 9.17) is 5.26 Å². The molecule has 0 amide bonds. The first-order chi connectivity index (χ1) is 4.66. The maximum absolute atomic E-state index is 10.1. The van der Waals surface area contributed by atoms with Crippen molar-refractivity contribution in [2.45, 2.75) is 20.3 Å². The third-order valence-electron chi connectivity index (χ3n) is 0.665. The molecule has 54 valence electrons. The van der Waals surface area contributed by atoms with Gasteiger partial charge in [0.2, 0.25) is 0 Å². The number of oxime groups is 1. The van der Waals surface area contributed by atoms with E-state index in [0.717, 1.165) is 0 Å². The van der Waals surface area contributed by atoms with E-state index in [1.807, 2.05) is 6.07 Å². The number of hydrogen-bond acceptors (Lipinski definition) is 4. The molecule has 0 heterocycles. The summed E-state index contributed by atoms with van der Waals surface area (Å²) in [6.07, 6.45) is 0.188. The maximum atomic E-state index is 10.1. The number of rotatable bonds is 2. The lowest BCUT2D eigenvalue weighted by Crippen LogP contribution is -1.96. The molecule has 4 heteroatoms. The summed E-state index contributed by atoms with van der Waals surface area (Å²) in [6.45, 7) is 2.87. The Bertz CT molecular complexity index is 190. The molecule has 0 aliphatic heterocycles. The van der Waals surface area contributed by atoms with E-state index in [0.29, 0.717) is 5.71 Å². The number of carbonyl (C=O) groups excluding carboxylic acids is 1. The predicted octanol–water partition coefficient (Wildman–Crippen LogP) is 0.839. The third-order valence-corrected chi connectivity index (χ3v) is 0.665. The predicted molar refractivity (Wildman–Crippen MR) is 35.1 cm³/mol. The van der Waals surface area contributed by atoms with Crippen molar-refractivity contribution < 1.29 is 9.63 Å². The van der Waals surface area contributed by atoms with Crippen LogP contribution in [0.3, 0.4) is 0 Å². The van der Waals surface area contributed by atoms with E-state index >= 15 is 0 Å². The standard InChI is InChI=1S/C6H8N2O2/c1-5(3-4-7)8-10-6(2)9/h3H2,1-2H3/b8-5+. The highest BCUT2D eigenvalue weighted by Gasteiger charge is 1.91. The van der Waals surface area contributed by atoms with Gasteiger partial charge in [0.05, 0.1) is 18.2 Å². The minimum atomic E-state index is -0.475. The maximum Gasteiger partial charge on any atom is 0.331 e. The Morgan fingerprint density at radius 2 is 2.30 bits per heavy atom. The molecule has 0 saturated heterocycles. The topological polar surface area (TPSA) is 62.4 Å². The van der Waals surface area contributed by atoms with Gasteiger partial charge in [-0.3, -0.25) is 0 Å². The van der Waals surface area contributed by atoms with Crippen molar-refractivity contribution in [2.24, 2.45) is 5.16 Å². The summed E-state index contributed by atoms with van der Waals surface area (Å²) >= 11 is 0. The van der Waals surface area contributed by atoms with Gasteiger partial charge in [-0.05, 0) is 6.92 Å². The van der Waals surface area contributed by atoms with Crippen LogP contribution in [0.25, 0.3) is 0 Å². The molecule has 0 spiro atoms. The van der Waals surface area contributed by atoms with Crippen LogP contribution in [0.1, 0.15) is 20.3 Å². The molecular weight excluding hydrogens is 132 g/mol. The molecule has 4 nitrogen and oxygen atoms in total. The van der Waals surface area contributed by atoms with Crippen molar-refractivity contribution >= 4 is 11.7 Å². The molecule has 0 saturated carbocycles. The zero-order valence-corrected chi connectivity index (χ0v) is 5.92. The van der Waals surface area contributed by atoms with Gasteiger partial charge in [-0.1, -0.05) is 5.16 Å². The van der Waals surface area contributed by atoms with Gasteiger partial charge in [0.1, 0.15) is 0 Å². The van der Waals surface area contributed by atoms with Crippen LogP contribution < -0.4 is 0 Å². The van der Waals surface area contributed by atoms with E-state index in [-0.39, 0.29) is 6.42 Å². The quantitative estimate of drug-likeness (QED) is 0.324. The average molecular weight is 140 g/mol. The Hall–Kier alpha value is -1.37. The van der Waals surface area contributed by atoms with Crippen molar-refractivity contribution in [3.8, 4) is 6.07 Å². The van der Waals surface area contributed by atoms with Gasteiger partial charge >= 0.3 is 5.97 Å². The van der Waals surface area contributed by atoms with Crippen molar-refractivity contribution in [1.29, 1.82) is 5.26 Å². The van der Waals surface area contributed by atoms with Gasteiger partial charge in [0.25, 0.3) is 0 Å². The van der Waals surface area contributed by atoms with Crippen LogP contribution in [-0.4, -0.2) is 11.7 Å². The highest BCUT2D eigenvalue weighted by molar-refractivity contribution is 5.83. The molecule has 0 aliphatic carbocycles. The van der Waals surface area contributed by atoms with Crippen LogP contribution in [0.5, 0.6) is 0 Å². The van der Waals surface area contributed by atoms with Crippen LogP contribution >= 0.6 is 0 Å². The fourth-order valence-corrected chi connectivity index (χ4v) is 0.289. The van der Waals surface area contributed by atoms with Crippen LogP contribution in [-0.2, 0) is 9.63 Å². The molecule has 0 aromatic heterocycles. The van der Waals surface area contributed by atoms with Crippen molar-refractivity contribution in [2.75, 3.05) is 0 Å². The molecule has 0 atom stereocenters. The first-order valence-electron chi connectivity index (χ1n) is 2.75. The summed E-state index contributed by atoms with van der Waals surface area (Å²) in [5.41, 5.74) is 0.498. The highest BCUT2D eigenvalue weighted by Crippen LogP contribution is 1.85. The van der Waals surface area contributed by atoms with Crippen LogP contribution in [0, 0.1) is 11.3 Å². The summed E-state index contributed by atoms with van der Waals surface area (Å²) in [6, 6.07) is 1.87. The van der Waals surface area contributed by atoms with E-state index in [1.165, 1.54) is 6.92 Å². The molecule has 10 heavy (non-hydrogen) atoms. The molecule has 0 unspecified atom stereocenters. The Balaban J connectivity index is 3.71. The minimum absolute atomic E-state index is 0.188.